The molecule has 0 aliphatic carbocycles. The Kier molecular flexibility index (Phi) is 5.32. The van der Waals surface area contributed by atoms with Gasteiger partial charge in [-0.25, -0.2) is 9.78 Å². The molecule has 0 bridgehead atoms. The second kappa shape index (κ2) is 6.93. The predicted octanol–water partition coefficient (Wildman–Crippen LogP) is 2.57. The molecule has 1 amide bonds. The Morgan fingerprint density at radius 3 is 2.38 bits per heavy atom. The van der Waals surface area contributed by atoms with E-state index < -0.39 is 23.1 Å². The van der Waals surface area contributed by atoms with Gasteiger partial charge in [0.2, 0.25) is 0 Å². The lowest BCUT2D eigenvalue weighted by Crippen LogP contribution is -2.50. The van der Waals surface area contributed by atoms with E-state index in [1.54, 1.807) is 4.90 Å². The smallest absolute Gasteiger partial charge is 0.410 e. The molecule has 7 nitrogen and oxygen atoms in total. The fraction of sp³-hybridized carbons (Fsp3) is 0.625. The van der Waals surface area contributed by atoms with Crippen molar-refractivity contribution in [3.63, 3.8) is 0 Å². The summed E-state index contributed by atoms with van der Waals surface area (Å²) in [6.07, 6.45) is 3.28. The molecule has 0 saturated carbocycles. The van der Waals surface area contributed by atoms with Crippen molar-refractivity contribution in [2.45, 2.75) is 44.6 Å². The Morgan fingerprint density at radius 1 is 1.25 bits per heavy atom. The van der Waals surface area contributed by atoms with Crippen molar-refractivity contribution in [3.8, 4) is 0 Å². The van der Waals surface area contributed by atoms with Crippen molar-refractivity contribution in [1.82, 2.24) is 14.9 Å². The topological polar surface area (TPSA) is 81.6 Å². The van der Waals surface area contributed by atoms with Crippen LogP contribution in [0.5, 0.6) is 0 Å². The maximum atomic E-state index is 12.4. The van der Waals surface area contributed by atoms with E-state index in [-0.39, 0.29) is 5.15 Å². The summed E-state index contributed by atoms with van der Waals surface area (Å²) in [4.78, 5) is 34.5. The highest BCUT2D eigenvalue weighted by Gasteiger charge is 2.47. The van der Waals surface area contributed by atoms with Crippen molar-refractivity contribution >= 4 is 23.7 Å². The molecule has 1 aliphatic heterocycles. The lowest BCUT2D eigenvalue weighted by Gasteiger charge is -2.39. The number of carbonyl (C=O) groups is 2. The number of likely N-dealkylation sites (tertiary alicyclic amines) is 1. The highest BCUT2D eigenvalue weighted by atomic mass is 35.5. The van der Waals surface area contributed by atoms with E-state index >= 15 is 0 Å². The fourth-order valence-electron chi connectivity index (χ4n) is 2.73. The van der Waals surface area contributed by atoms with E-state index in [4.69, 9.17) is 21.1 Å². The summed E-state index contributed by atoms with van der Waals surface area (Å²) >= 11 is 5.92. The molecule has 24 heavy (non-hydrogen) atoms. The van der Waals surface area contributed by atoms with Gasteiger partial charge in [0.15, 0.2) is 0 Å². The zero-order valence-corrected chi connectivity index (χ0v) is 15.1. The molecule has 1 fully saturated rings. The van der Waals surface area contributed by atoms with Gasteiger partial charge < -0.3 is 14.4 Å². The first kappa shape index (κ1) is 18.4. The van der Waals surface area contributed by atoms with Crippen LogP contribution >= 0.6 is 11.6 Å². The minimum Gasteiger partial charge on any atom is -0.468 e. The molecule has 0 atom stereocenters. The molecule has 8 heteroatoms. The highest BCUT2D eigenvalue weighted by Crippen LogP contribution is 2.36. The molecule has 1 aliphatic rings. The van der Waals surface area contributed by atoms with E-state index in [1.165, 1.54) is 19.5 Å². The van der Waals surface area contributed by atoms with E-state index in [9.17, 15) is 9.59 Å². The van der Waals surface area contributed by atoms with Crippen LogP contribution in [0.3, 0.4) is 0 Å². The highest BCUT2D eigenvalue weighted by molar-refractivity contribution is 6.29. The van der Waals surface area contributed by atoms with Crippen LogP contribution in [-0.4, -0.2) is 52.7 Å². The second-order valence-corrected chi connectivity index (χ2v) is 7.16. The largest absolute Gasteiger partial charge is 0.468 e. The standard InChI is InChI=1S/C16H22ClN3O4/c1-15(2,3)24-14(22)20-7-5-16(6-8-20,13(21)23-4)11-9-18-10-12(17)19-11/h9-10H,5-8H2,1-4H3. The van der Waals surface area contributed by atoms with Crippen molar-refractivity contribution in [2.24, 2.45) is 0 Å². The van der Waals surface area contributed by atoms with Crippen LogP contribution < -0.4 is 0 Å². The minimum atomic E-state index is -0.953. The summed E-state index contributed by atoms with van der Waals surface area (Å²) in [5.74, 6) is -0.400. The number of carbonyl (C=O) groups excluding carboxylic acids is 2. The van der Waals surface area contributed by atoms with Crippen LogP contribution in [0.4, 0.5) is 4.79 Å². The number of nitrogens with zero attached hydrogens (tertiary/aromatic N) is 3. The molecule has 0 aromatic carbocycles. The molecule has 1 aromatic rings. The van der Waals surface area contributed by atoms with Crippen LogP contribution in [-0.2, 0) is 19.7 Å². The zero-order valence-electron chi connectivity index (χ0n) is 14.3. The molecule has 1 aromatic heterocycles. The third-order valence-corrected chi connectivity index (χ3v) is 4.12. The molecule has 2 heterocycles. The van der Waals surface area contributed by atoms with Gasteiger partial charge in [-0.3, -0.25) is 9.78 Å². The van der Waals surface area contributed by atoms with Crippen LogP contribution in [0.2, 0.25) is 5.15 Å². The number of hydrogen-bond acceptors (Lipinski definition) is 6. The molecule has 2 rings (SSSR count). The third kappa shape index (κ3) is 3.95. The molecule has 0 radical (unpaired) electrons. The van der Waals surface area contributed by atoms with Gasteiger partial charge in [-0.15, -0.1) is 0 Å². The zero-order chi connectivity index (χ0) is 18.0. The first-order chi connectivity index (χ1) is 11.2. The number of esters is 1. The SMILES string of the molecule is COC(=O)C1(c2cncc(Cl)n2)CCN(C(=O)OC(C)(C)C)CC1. The van der Waals surface area contributed by atoms with Crippen molar-refractivity contribution in [1.29, 1.82) is 0 Å². The van der Waals surface area contributed by atoms with E-state index in [0.717, 1.165) is 0 Å². The van der Waals surface area contributed by atoms with Gasteiger partial charge in [0.1, 0.15) is 16.2 Å². The quantitative estimate of drug-likeness (QED) is 0.758. The number of ether oxygens (including phenoxy) is 2. The molecule has 1 saturated heterocycles. The summed E-state index contributed by atoms with van der Waals surface area (Å²) in [6.45, 7) is 6.16. The minimum absolute atomic E-state index is 0.213. The molecule has 0 unspecified atom stereocenters. The molecular formula is C16H22ClN3O4. The average molecular weight is 356 g/mol. The first-order valence-electron chi connectivity index (χ1n) is 7.72. The average Bonchev–Trinajstić information content (AvgIpc) is 2.52. The van der Waals surface area contributed by atoms with Crippen molar-refractivity contribution < 1.29 is 19.1 Å². The maximum Gasteiger partial charge on any atom is 0.410 e. The Bertz CT molecular complexity index is 622. The van der Waals surface area contributed by atoms with Gasteiger partial charge >= 0.3 is 12.1 Å². The van der Waals surface area contributed by atoms with Crippen molar-refractivity contribution in [2.75, 3.05) is 20.2 Å². The van der Waals surface area contributed by atoms with E-state index in [1.807, 2.05) is 20.8 Å². The van der Waals surface area contributed by atoms with Crippen LogP contribution in [0.1, 0.15) is 39.3 Å². The Hall–Kier alpha value is -1.89. The number of methoxy groups -OCH3 is 1. The number of aromatic nitrogens is 2. The van der Waals surface area contributed by atoms with Gasteiger partial charge in [0.05, 0.1) is 19.0 Å². The van der Waals surface area contributed by atoms with Gasteiger partial charge in [-0.05, 0) is 33.6 Å². The summed E-state index contributed by atoms with van der Waals surface area (Å²) in [5, 5.41) is 0.213. The van der Waals surface area contributed by atoms with Crippen LogP contribution in [0.15, 0.2) is 12.4 Å². The lowest BCUT2D eigenvalue weighted by molar-refractivity contribution is -0.150. The first-order valence-corrected chi connectivity index (χ1v) is 8.10. The molecular weight excluding hydrogens is 334 g/mol. The second-order valence-electron chi connectivity index (χ2n) is 6.77. The number of piperidine rings is 1. The Balaban J connectivity index is 2.20. The Morgan fingerprint density at radius 2 is 1.88 bits per heavy atom. The van der Waals surface area contributed by atoms with Crippen LogP contribution in [0, 0.1) is 0 Å². The number of halogens is 1. The monoisotopic (exact) mass is 355 g/mol. The third-order valence-electron chi connectivity index (χ3n) is 3.94. The predicted molar refractivity (Wildman–Crippen MR) is 87.8 cm³/mol. The van der Waals surface area contributed by atoms with Crippen LogP contribution in [0.25, 0.3) is 0 Å². The molecule has 132 valence electrons. The summed E-state index contributed by atoms with van der Waals surface area (Å²) in [5.41, 5.74) is -1.05. The normalized spacial score (nSPS) is 17.3. The Labute approximate surface area is 146 Å². The van der Waals surface area contributed by atoms with Gasteiger partial charge in [0, 0.05) is 19.3 Å². The van der Waals surface area contributed by atoms with Crippen molar-refractivity contribution in [3.05, 3.63) is 23.2 Å². The number of hydrogen-bond donors (Lipinski definition) is 0. The molecule has 0 N–H and O–H groups in total. The van der Waals surface area contributed by atoms with Gasteiger partial charge in [-0.2, -0.15) is 0 Å². The fourth-order valence-corrected chi connectivity index (χ4v) is 2.88. The lowest BCUT2D eigenvalue weighted by atomic mass is 9.75. The summed E-state index contributed by atoms with van der Waals surface area (Å²) in [7, 11) is 1.34. The summed E-state index contributed by atoms with van der Waals surface area (Å²) < 4.78 is 10.4. The maximum absolute atomic E-state index is 12.4. The molecule has 0 spiro atoms. The van der Waals surface area contributed by atoms with E-state index in [2.05, 4.69) is 9.97 Å². The summed E-state index contributed by atoms with van der Waals surface area (Å²) in [6, 6.07) is 0. The number of amides is 1. The van der Waals surface area contributed by atoms with Gasteiger partial charge in [-0.1, -0.05) is 11.6 Å². The number of rotatable bonds is 2. The van der Waals surface area contributed by atoms with Gasteiger partial charge in [0.25, 0.3) is 0 Å². The van der Waals surface area contributed by atoms with E-state index in [0.29, 0.717) is 31.6 Å².